The molecule has 0 fully saturated rings. The van der Waals surface area contributed by atoms with Crippen LogP contribution in [0.1, 0.15) is 34.7 Å². The Bertz CT molecular complexity index is 1460. The minimum atomic E-state index is -0.133. The maximum atomic E-state index is 5.38. The highest BCUT2D eigenvalue weighted by atomic mass is 16.7. The van der Waals surface area contributed by atoms with Gasteiger partial charge < -0.3 is 33.2 Å². The molecular weight excluding hydrogens is 532 g/mol. The lowest BCUT2D eigenvalue weighted by Crippen LogP contribution is -2.15. The highest BCUT2D eigenvalue weighted by molar-refractivity contribution is 5.45. The molecular formula is C35H38O7. The molecule has 4 aromatic carbocycles. The van der Waals surface area contributed by atoms with Crippen LogP contribution >= 0.6 is 0 Å². The van der Waals surface area contributed by atoms with Crippen LogP contribution in [0.2, 0.25) is 0 Å². The van der Waals surface area contributed by atoms with Crippen LogP contribution in [0.4, 0.5) is 0 Å². The highest BCUT2D eigenvalue weighted by Crippen LogP contribution is 2.35. The minimum Gasteiger partial charge on any atom is -0.493 e. The van der Waals surface area contributed by atoms with Crippen LogP contribution in [0.3, 0.4) is 0 Å². The van der Waals surface area contributed by atoms with Gasteiger partial charge in [-0.25, -0.2) is 0 Å². The van der Waals surface area contributed by atoms with E-state index in [0.29, 0.717) is 20.0 Å². The summed E-state index contributed by atoms with van der Waals surface area (Å²) in [6.45, 7) is 12.6. The van der Waals surface area contributed by atoms with E-state index in [1.54, 1.807) is 0 Å². The molecule has 0 bridgehead atoms. The number of hydrogen-bond donors (Lipinski definition) is 0. The van der Waals surface area contributed by atoms with E-state index >= 15 is 0 Å². The molecule has 1 atom stereocenters. The van der Waals surface area contributed by atoms with Gasteiger partial charge >= 0.3 is 0 Å². The van der Waals surface area contributed by atoms with Gasteiger partial charge in [0.25, 0.3) is 0 Å². The Hall–Kier alpha value is -4.52. The van der Waals surface area contributed by atoms with E-state index in [-0.39, 0.29) is 6.29 Å². The highest BCUT2D eigenvalue weighted by Gasteiger charge is 2.19. The molecule has 0 saturated heterocycles. The second kappa shape index (κ2) is 13.4. The molecule has 4 aliphatic heterocycles. The van der Waals surface area contributed by atoms with Crippen molar-refractivity contribution in [3.63, 3.8) is 0 Å². The number of benzene rings is 4. The van der Waals surface area contributed by atoms with Gasteiger partial charge in [-0.2, -0.15) is 0 Å². The first-order valence-corrected chi connectivity index (χ1v) is 14.2. The first-order chi connectivity index (χ1) is 20.3. The van der Waals surface area contributed by atoms with Gasteiger partial charge in [0.05, 0.1) is 6.61 Å². The summed E-state index contributed by atoms with van der Waals surface area (Å²) in [6, 6.07) is 24.1. The Kier molecular flexibility index (Phi) is 9.27. The van der Waals surface area contributed by atoms with Gasteiger partial charge in [0.2, 0.25) is 13.1 Å². The zero-order valence-electron chi connectivity index (χ0n) is 24.9. The maximum Gasteiger partial charge on any atom is 0.238 e. The summed E-state index contributed by atoms with van der Waals surface area (Å²) in [4.78, 5) is 0. The van der Waals surface area contributed by atoms with E-state index in [2.05, 4.69) is 25.1 Å². The van der Waals surface area contributed by atoms with E-state index in [9.17, 15) is 0 Å². The summed E-state index contributed by atoms with van der Waals surface area (Å²) < 4.78 is 37.1. The van der Waals surface area contributed by atoms with Gasteiger partial charge in [-0.05, 0) is 92.4 Å². The molecule has 4 heterocycles. The minimum absolute atomic E-state index is 0.133. The third-order valence-electron chi connectivity index (χ3n) is 6.76. The summed E-state index contributed by atoms with van der Waals surface area (Å²) >= 11 is 0. The van der Waals surface area contributed by atoms with Crippen LogP contribution in [-0.2, 0) is 6.42 Å². The largest absolute Gasteiger partial charge is 0.493 e. The van der Waals surface area contributed by atoms with Crippen molar-refractivity contribution in [2.45, 2.75) is 47.3 Å². The molecule has 7 heteroatoms. The standard InChI is InChI=1S/2C9H10O2.C9H10O.C8H8O2/c1-6-3-4-8-9(5-6)11-7(2)10-8;1-7-2-3-8-9(6-7)11-5-4-10-8;1-7-2-3-9-8(6-7)4-5-10-9;1-6-2-3-7-8(4-6)10-5-9-7/h3-5,7H,1-2H3;2-3,6H,4-5H2,1H3;2-3,6H,4-5H2,1H3;2-4H,5H2,1H3. The molecule has 0 aromatic heterocycles. The number of ether oxygens (including phenoxy) is 7. The van der Waals surface area contributed by atoms with E-state index in [1.807, 2.05) is 82.3 Å². The van der Waals surface area contributed by atoms with E-state index < -0.39 is 0 Å². The predicted octanol–water partition coefficient (Wildman–Crippen LogP) is 7.53. The molecule has 42 heavy (non-hydrogen) atoms. The molecule has 8 rings (SSSR count). The van der Waals surface area contributed by atoms with Crippen molar-refractivity contribution in [2.24, 2.45) is 0 Å². The fraction of sp³-hybridized carbons (Fsp3) is 0.314. The summed E-state index contributed by atoms with van der Waals surface area (Å²) in [7, 11) is 0. The molecule has 4 aromatic rings. The van der Waals surface area contributed by atoms with Crippen LogP contribution < -0.4 is 33.2 Å². The fourth-order valence-electron chi connectivity index (χ4n) is 4.66. The van der Waals surface area contributed by atoms with Crippen LogP contribution in [0, 0.1) is 27.7 Å². The molecule has 0 aliphatic carbocycles. The first kappa shape index (κ1) is 29.0. The number of rotatable bonds is 0. The molecule has 7 nitrogen and oxygen atoms in total. The third kappa shape index (κ3) is 7.60. The van der Waals surface area contributed by atoms with Gasteiger partial charge in [0.1, 0.15) is 19.0 Å². The monoisotopic (exact) mass is 570 g/mol. The zero-order valence-corrected chi connectivity index (χ0v) is 24.9. The number of aryl methyl sites for hydroxylation is 4. The Balaban J connectivity index is 0.000000112. The normalized spacial score (nSPS) is 15.9. The molecule has 1 unspecified atom stereocenters. The lowest BCUT2D eigenvalue weighted by molar-refractivity contribution is 0.0678. The second-order valence-corrected chi connectivity index (χ2v) is 10.5. The van der Waals surface area contributed by atoms with Crippen molar-refractivity contribution in [3.05, 3.63) is 101 Å². The van der Waals surface area contributed by atoms with Crippen LogP contribution in [0.15, 0.2) is 72.8 Å². The van der Waals surface area contributed by atoms with Gasteiger partial charge in [0.15, 0.2) is 34.5 Å². The van der Waals surface area contributed by atoms with Crippen molar-refractivity contribution < 1.29 is 33.2 Å². The lowest BCUT2D eigenvalue weighted by Gasteiger charge is -2.18. The van der Waals surface area contributed by atoms with Crippen LogP contribution in [0.25, 0.3) is 0 Å². The van der Waals surface area contributed by atoms with Crippen molar-refractivity contribution in [3.8, 4) is 40.2 Å². The molecule has 0 N–H and O–H groups in total. The summed E-state index contributed by atoms with van der Waals surface area (Å²) in [6.07, 6.45) is 0.948. The summed E-state index contributed by atoms with van der Waals surface area (Å²) in [5.74, 6) is 6.23. The Morgan fingerprint density at radius 2 is 0.905 bits per heavy atom. The molecule has 0 saturated carbocycles. The third-order valence-corrected chi connectivity index (χ3v) is 6.76. The Morgan fingerprint density at radius 1 is 0.452 bits per heavy atom. The van der Waals surface area contributed by atoms with Crippen molar-refractivity contribution in [2.75, 3.05) is 26.6 Å². The maximum absolute atomic E-state index is 5.38. The molecule has 220 valence electrons. The Morgan fingerprint density at radius 3 is 1.60 bits per heavy atom. The van der Waals surface area contributed by atoms with Crippen molar-refractivity contribution in [1.29, 1.82) is 0 Å². The SMILES string of the molecule is Cc1ccc2c(c1)CCO2.Cc1ccc2c(c1)OC(C)O2.Cc1ccc2c(c1)OCCO2.Cc1ccc2c(c1)OCO2. The smallest absolute Gasteiger partial charge is 0.238 e. The topological polar surface area (TPSA) is 64.6 Å². The lowest BCUT2D eigenvalue weighted by atomic mass is 10.1. The summed E-state index contributed by atoms with van der Waals surface area (Å²) in [5, 5.41) is 0. The van der Waals surface area contributed by atoms with E-state index in [0.717, 1.165) is 53.3 Å². The van der Waals surface area contributed by atoms with Crippen molar-refractivity contribution >= 4 is 0 Å². The molecule has 0 spiro atoms. The van der Waals surface area contributed by atoms with Gasteiger partial charge in [-0.3, -0.25) is 0 Å². The van der Waals surface area contributed by atoms with Crippen LogP contribution in [0.5, 0.6) is 40.2 Å². The summed E-state index contributed by atoms with van der Waals surface area (Å²) in [5.41, 5.74) is 6.28. The first-order valence-electron chi connectivity index (χ1n) is 14.2. The zero-order chi connectivity index (χ0) is 29.5. The number of fused-ring (bicyclic) bond motifs is 4. The van der Waals surface area contributed by atoms with E-state index in [4.69, 9.17) is 33.2 Å². The molecule has 4 aliphatic rings. The van der Waals surface area contributed by atoms with Crippen molar-refractivity contribution in [1.82, 2.24) is 0 Å². The molecule has 0 amide bonds. The number of hydrogen-bond acceptors (Lipinski definition) is 7. The van der Waals surface area contributed by atoms with E-state index in [1.165, 1.54) is 27.8 Å². The quantitative estimate of drug-likeness (QED) is 0.217. The fourth-order valence-corrected chi connectivity index (χ4v) is 4.66. The molecule has 0 radical (unpaired) electrons. The van der Waals surface area contributed by atoms with Gasteiger partial charge in [-0.1, -0.05) is 35.9 Å². The van der Waals surface area contributed by atoms with Gasteiger partial charge in [-0.15, -0.1) is 0 Å². The average Bonchev–Trinajstić information content (AvgIpc) is 3.72. The van der Waals surface area contributed by atoms with Crippen LogP contribution in [-0.4, -0.2) is 32.9 Å². The Labute approximate surface area is 247 Å². The average molecular weight is 571 g/mol. The van der Waals surface area contributed by atoms with Gasteiger partial charge in [0, 0.05) is 13.3 Å². The second-order valence-electron chi connectivity index (χ2n) is 10.5. The predicted molar refractivity (Wildman–Crippen MR) is 162 cm³/mol.